The molecule has 1 aliphatic rings. The molecule has 1 aliphatic heterocycles. The summed E-state index contributed by atoms with van der Waals surface area (Å²) in [6.45, 7) is 2.04. The second-order valence-corrected chi connectivity index (χ2v) is 8.74. The Bertz CT molecular complexity index is 1070. The van der Waals surface area contributed by atoms with Crippen LogP contribution in [0.3, 0.4) is 0 Å². The molecule has 1 amide bonds. The Hall–Kier alpha value is -2.58. The van der Waals surface area contributed by atoms with Gasteiger partial charge in [0.25, 0.3) is 0 Å². The molecule has 1 saturated heterocycles. The zero-order valence-corrected chi connectivity index (χ0v) is 18.7. The molecular weight excluding hydrogens is 437 g/mol. The topological polar surface area (TPSA) is 54.3 Å². The van der Waals surface area contributed by atoms with Gasteiger partial charge < -0.3 is 9.80 Å². The van der Waals surface area contributed by atoms with Crippen LogP contribution in [0.25, 0.3) is 5.69 Å². The largest absolute Gasteiger partial charge is 0.341 e. The summed E-state index contributed by atoms with van der Waals surface area (Å²) < 4.78 is 15.8. The molecule has 3 aromatic rings. The van der Waals surface area contributed by atoms with Crippen LogP contribution in [0.5, 0.6) is 0 Å². The fourth-order valence-corrected chi connectivity index (χ4v) is 4.63. The molecule has 0 radical (unpaired) electrons. The van der Waals surface area contributed by atoms with Crippen molar-refractivity contribution in [2.45, 2.75) is 24.5 Å². The van der Waals surface area contributed by atoms with E-state index in [-0.39, 0.29) is 24.0 Å². The molecule has 0 unspecified atom stereocenters. The van der Waals surface area contributed by atoms with Gasteiger partial charge in [0.15, 0.2) is 5.16 Å². The second-order valence-electron chi connectivity index (χ2n) is 7.39. The molecule has 162 valence electrons. The minimum absolute atomic E-state index is 0.121. The van der Waals surface area contributed by atoms with E-state index in [0.29, 0.717) is 15.7 Å². The Balaban J connectivity index is 1.52. The highest BCUT2D eigenvalue weighted by Gasteiger charge is 2.24. The molecule has 9 heteroatoms. The SMILES string of the molecule is CN(Cc1ccccc1F)C(=O)CSc1nnc(N2CCCC2)n1-c1ccccc1Cl. The molecule has 6 nitrogen and oxygen atoms in total. The highest BCUT2D eigenvalue weighted by molar-refractivity contribution is 7.99. The lowest BCUT2D eigenvalue weighted by molar-refractivity contribution is -0.127. The number of carbonyl (C=O) groups is 1. The third-order valence-corrected chi connectivity index (χ3v) is 6.45. The number of hydrogen-bond donors (Lipinski definition) is 0. The lowest BCUT2D eigenvalue weighted by atomic mass is 10.2. The number of nitrogens with zero attached hydrogens (tertiary/aromatic N) is 5. The molecule has 1 aromatic heterocycles. The van der Waals surface area contributed by atoms with Crippen molar-refractivity contribution in [2.75, 3.05) is 30.8 Å². The first-order valence-electron chi connectivity index (χ1n) is 10.1. The van der Waals surface area contributed by atoms with Gasteiger partial charge in [-0.3, -0.25) is 9.36 Å². The molecule has 4 rings (SSSR count). The van der Waals surface area contributed by atoms with E-state index < -0.39 is 0 Å². The van der Waals surface area contributed by atoms with Crippen LogP contribution in [0, 0.1) is 5.82 Å². The number of anilines is 1. The quantitative estimate of drug-likeness (QED) is 0.490. The molecule has 31 heavy (non-hydrogen) atoms. The van der Waals surface area contributed by atoms with E-state index in [1.54, 1.807) is 25.2 Å². The lowest BCUT2D eigenvalue weighted by Gasteiger charge is -2.20. The molecule has 0 aliphatic carbocycles. The Morgan fingerprint density at radius 2 is 1.84 bits per heavy atom. The van der Waals surface area contributed by atoms with E-state index in [4.69, 9.17) is 11.6 Å². The Labute approximate surface area is 190 Å². The first kappa shape index (κ1) is 21.6. The van der Waals surface area contributed by atoms with Gasteiger partial charge in [-0.15, -0.1) is 10.2 Å². The third kappa shape index (κ3) is 4.85. The first-order valence-corrected chi connectivity index (χ1v) is 11.5. The van der Waals surface area contributed by atoms with Gasteiger partial charge in [0.2, 0.25) is 11.9 Å². The fourth-order valence-electron chi connectivity index (χ4n) is 3.53. The summed E-state index contributed by atoms with van der Waals surface area (Å²) in [5.41, 5.74) is 1.27. The average molecular weight is 460 g/mol. The minimum atomic E-state index is -0.316. The summed E-state index contributed by atoms with van der Waals surface area (Å²) in [4.78, 5) is 16.4. The highest BCUT2D eigenvalue weighted by Crippen LogP contribution is 2.32. The fraction of sp³-hybridized carbons (Fsp3) is 0.318. The van der Waals surface area contributed by atoms with Gasteiger partial charge in [-0.25, -0.2) is 4.39 Å². The smallest absolute Gasteiger partial charge is 0.233 e. The van der Waals surface area contributed by atoms with E-state index in [1.807, 2.05) is 28.8 Å². The van der Waals surface area contributed by atoms with E-state index in [1.165, 1.54) is 22.7 Å². The van der Waals surface area contributed by atoms with Crippen LogP contribution in [0.15, 0.2) is 53.7 Å². The maximum Gasteiger partial charge on any atom is 0.233 e. The van der Waals surface area contributed by atoms with Crippen molar-refractivity contribution in [3.63, 3.8) is 0 Å². The van der Waals surface area contributed by atoms with E-state index in [2.05, 4.69) is 15.1 Å². The monoisotopic (exact) mass is 459 g/mol. The molecule has 1 fully saturated rings. The van der Waals surface area contributed by atoms with Crippen molar-refractivity contribution in [3.05, 3.63) is 64.9 Å². The van der Waals surface area contributed by atoms with Gasteiger partial charge >= 0.3 is 0 Å². The van der Waals surface area contributed by atoms with Crippen molar-refractivity contribution in [3.8, 4) is 5.69 Å². The third-order valence-electron chi connectivity index (χ3n) is 5.21. The van der Waals surface area contributed by atoms with Crippen LogP contribution in [0.1, 0.15) is 18.4 Å². The summed E-state index contributed by atoms with van der Waals surface area (Å²) >= 11 is 7.77. The van der Waals surface area contributed by atoms with Crippen molar-refractivity contribution < 1.29 is 9.18 Å². The molecule has 0 saturated carbocycles. The number of thioether (sulfide) groups is 1. The van der Waals surface area contributed by atoms with Crippen LogP contribution in [0.4, 0.5) is 10.3 Å². The lowest BCUT2D eigenvalue weighted by Crippen LogP contribution is -2.28. The van der Waals surface area contributed by atoms with Gasteiger partial charge in [0.05, 0.1) is 16.5 Å². The molecule has 0 atom stereocenters. The van der Waals surface area contributed by atoms with Crippen molar-refractivity contribution >= 4 is 35.2 Å². The summed E-state index contributed by atoms with van der Waals surface area (Å²) in [6.07, 6.45) is 2.22. The number of hydrogen-bond acceptors (Lipinski definition) is 5. The number of benzene rings is 2. The van der Waals surface area contributed by atoms with Crippen LogP contribution in [-0.2, 0) is 11.3 Å². The predicted octanol–water partition coefficient (Wildman–Crippen LogP) is 4.41. The predicted molar refractivity (Wildman–Crippen MR) is 121 cm³/mol. The number of amides is 1. The van der Waals surface area contributed by atoms with Crippen LogP contribution in [0.2, 0.25) is 5.02 Å². The Morgan fingerprint density at radius 3 is 2.58 bits per heavy atom. The van der Waals surface area contributed by atoms with E-state index >= 15 is 0 Å². The summed E-state index contributed by atoms with van der Waals surface area (Å²) in [5, 5.41) is 9.95. The molecule has 2 aromatic carbocycles. The maximum absolute atomic E-state index is 13.9. The van der Waals surface area contributed by atoms with Gasteiger partial charge in [0, 0.05) is 32.2 Å². The molecule has 0 bridgehead atoms. The maximum atomic E-state index is 13.9. The van der Waals surface area contributed by atoms with Gasteiger partial charge in [-0.2, -0.15) is 0 Å². The average Bonchev–Trinajstić information content (AvgIpc) is 3.43. The van der Waals surface area contributed by atoms with Crippen molar-refractivity contribution in [1.29, 1.82) is 0 Å². The minimum Gasteiger partial charge on any atom is -0.341 e. The number of para-hydroxylation sites is 1. The first-order chi connectivity index (χ1) is 15.0. The number of rotatable bonds is 7. The summed E-state index contributed by atoms with van der Waals surface area (Å²) in [7, 11) is 1.67. The van der Waals surface area contributed by atoms with E-state index in [9.17, 15) is 9.18 Å². The van der Waals surface area contributed by atoms with Gasteiger partial charge in [0.1, 0.15) is 5.82 Å². The van der Waals surface area contributed by atoms with Gasteiger partial charge in [-0.1, -0.05) is 53.7 Å². The molecule has 0 spiro atoms. The Kier molecular flexibility index (Phi) is 6.77. The molecular formula is C22H23ClFN5OS. The zero-order valence-electron chi connectivity index (χ0n) is 17.2. The van der Waals surface area contributed by atoms with Crippen molar-refractivity contribution in [1.82, 2.24) is 19.7 Å². The van der Waals surface area contributed by atoms with Crippen LogP contribution < -0.4 is 4.90 Å². The number of aromatic nitrogens is 3. The Morgan fingerprint density at radius 1 is 1.13 bits per heavy atom. The zero-order chi connectivity index (χ0) is 21.8. The molecule has 2 heterocycles. The van der Waals surface area contributed by atoms with Gasteiger partial charge in [-0.05, 0) is 31.0 Å². The standard InChI is InChI=1S/C22H23ClFN5OS/c1-27(14-16-8-2-4-10-18(16)24)20(30)15-31-22-26-25-21(28-12-6-7-13-28)29(22)19-11-5-3-9-17(19)23/h2-5,8-11H,6-7,12-15H2,1H3. The van der Waals surface area contributed by atoms with Crippen LogP contribution >= 0.6 is 23.4 Å². The normalized spacial score (nSPS) is 13.6. The second kappa shape index (κ2) is 9.70. The highest BCUT2D eigenvalue weighted by atomic mass is 35.5. The molecule has 0 N–H and O–H groups in total. The van der Waals surface area contributed by atoms with E-state index in [0.717, 1.165) is 37.6 Å². The van der Waals surface area contributed by atoms with Crippen LogP contribution in [-0.4, -0.2) is 51.5 Å². The summed E-state index contributed by atoms with van der Waals surface area (Å²) in [6, 6.07) is 14.0. The number of carbonyl (C=O) groups excluding carboxylic acids is 1. The number of halogens is 2. The van der Waals surface area contributed by atoms with Crippen molar-refractivity contribution in [2.24, 2.45) is 0 Å². The summed E-state index contributed by atoms with van der Waals surface area (Å²) in [5.74, 6) is 0.460.